The molecule has 2 atom stereocenters. The lowest BCUT2D eigenvalue weighted by atomic mass is 10.1. The first-order valence-electron chi connectivity index (χ1n) is 6.61. The zero-order valence-corrected chi connectivity index (χ0v) is 12.1. The molecule has 4 nitrogen and oxygen atoms in total. The molecule has 21 heavy (non-hydrogen) atoms. The molecule has 3 rings (SSSR count). The molecule has 0 amide bonds. The van der Waals surface area contributed by atoms with Crippen molar-refractivity contribution in [3.8, 4) is 0 Å². The fourth-order valence-electron chi connectivity index (χ4n) is 3.05. The monoisotopic (exact) mass is 320 g/mol. The van der Waals surface area contributed by atoms with Crippen LogP contribution in [0.15, 0.2) is 23.1 Å². The number of hydrogen-bond acceptors (Lipinski definition) is 3. The van der Waals surface area contributed by atoms with E-state index < -0.39 is 21.8 Å². The predicted octanol–water partition coefficient (Wildman–Crippen LogP) is 1.51. The Hall–Kier alpha value is -1.12. The lowest BCUT2D eigenvalue weighted by Crippen LogP contribution is -2.33. The molecule has 0 aromatic heterocycles. The van der Waals surface area contributed by atoms with Crippen LogP contribution in [0.4, 0.5) is 13.2 Å². The average molecular weight is 320 g/mol. The van der Waals surface area contributed by atoms with E-state index in [1.807, 2.05) is 0 Å². The summed E-state index contributed by atoms with van der Waals surface area (Å²) in [6, 6.07) is 3.07. The zero-order valence-electron chi connectivity index (χ0n) is 11.2. The van der Waals surface area contributed by atoms with Crippen molar-refractivity contribution in [2.45, 2.75) is 24.0 Å². The van der Waals surface area contributed by atoms with Gasteiger partial charge in [0, 0.05) is 6.04 Å². The first-order chi connectivity index (χ1) is 9.72. The van der Waals surface area contributed by atoms with Crippen LogP contribution in [0.3, 0.4) is 0 Å². The Morgan fingerprint density at radius 3 is 2.43 bits per heavy atom. The number of piperidine rings is 1. The second kappa shape index (κ2) is 4.69. The summed E-state index contributed by atoms with van der Waals surface area (Å²) in [7, 11) is -3.93. The summed E-state index contributed by atoms with van der Waals surface area (Å²) >= 11 is 0. The molecule has 1 saturated heterocycles. The van der Waals surface area contributed by atoms with Gasteiger partial charge in [0.2, 0.25) is 10.0 Å². The van der Waals surface area contributed by atoms with Gasteiger partial charge in [-0.25, -0.2) is 13.1 Å². The number of sulfonamides is 1. The van der Waals surface area contributed by atoms with Crippen LogP contribution >= 0.6 is 0 Å². The number of nitrogens with one attached hydrogen (secondary N) is 2. The number of fused-ring (bicyclic) bond motifs is 1. The molecular weight excluding hydrogens is 305 g/mol. The molecule has 1 aliphatic carbocycles. The van der Waals surface area contributed by atoms with Gasteiger partial charge in [-0.3, -0.25) is 0 Å². The maximum absolute atomic E-state index is 12.9. The van der Waals surface area contributed by atoms with E-state index >= 15 is 0 Å². The van der Waals surface area contributed by atoms with Crippen LogP contribution in [-0.4, -0.2) is 27.5 Å². The minimum absolute atomic E-state index is 0.162. The molecule has 1 aromatic carbocycles. The molecule has 1 aromatic rings. The van der Waals surface area contributed by atoms with Gasteiger partial charge in [0.25, 0.3) is 0 Å². The lowest BCUT2D eigenvalue weighted by molar-refractivity contribution is -0.138. The van der Waals surface area contributed by atoms with Gasteiger partial charge in [-0.2, -0.15) is 13.2 Å². The summed E-state index contributed by atoms with van der Waals surface area (Å²) in [4.78, 5) is -0.296. The Balaban J connectivity index is 1.89. The smallest absolute Gasteiger partial charge is 0.316 e. The van der Waals surface area contributed by atoms with Gasteiger partial charge < -0.3 is 5.32 Å². The summed E-state index contributed by atoms with van der Waals surface area (Å²) in [5, 5.41) is 3.13. The Labute approximate surface area is 120 Å². The number of hydrogen-bond donors (Lipinski definition) is 2. The van der Waals surface area contributed by atoms with Gasteiger partial charge in [-0.1, -0.05) is 6.07 Å². The summed E-state index contributed by atoms with van der Waals surface area (Å²) in [6.07, 6.45) is -4.56. The van der Waals surface area contributed by atoms with Crippen LogP contribution in [0.1, 0.15) is 11.1 Å². The second-order valence-electron chi connectivity index (χ2n) is 5.56. The van der Waals surface area contributed by atoms with Crippen LogP contribution in [0, 0.1) is 18.8 Å². The van der Waals surface area contributed by atoms with Gasteiger partial charge in [-0.05, 0) is 49.5 Å². The summed E-state index contributed by atoms with van der Waals surface area (Å²) < 4.78 is 65.7. The first-order valence-corrected chi connectivity index (χ1v) is 8.10. The van der Waals surface area contributed by atoms with Gasteiger partial charge in [-0.15, -0.1) is 0 Å². The Kier molecular flexibility index (Phi) is 3.30. The van der Waals surface area contributed by atoms with E-state index in [0.717, 1.165) is 25.2 Å². The van der Waals surface area contributed by atoms with Crippen molar-refractivity contribution in [3.05, 3.63) is 29.3 Å². The van der Waals surface area contributed by atoms with Crippen LogP contribution in [0.25, 0.3) is 0 Å². The molecular formula is C13H15F3N2O2S. The highest BCUT2D eigenvalue weighted by atomic mass is 32.2. The minimum atomic E-state index is -4.56. The Bertz CT molecular complexity index is 662. The van der Waals surface area contributed by atoms with Crippen LogP contribution in [0.2, 0.25) is 0 Å². The van der Waals surface area contributed by atoms with Crippen molar-refractivity contribution in [1.82, 2.24) is 10.0 Å². The largest absolute Gasteiger partial charge is 0.416 e. The van der Waals surface area contributed by atoms with Gasteiger partial charge in [0.05, 0.1) is 10.5 Å². The van der Waals surface area contributed by atoms with Crippen molar-refractivity contribution in [2.75, 3.05) is 13.1 Å². The third kappa shape index (κ3) is 2.56. The van der Waals surface area contributed by atoms with Crippen molar-refractivity contribution in [3.63, 3.8) is 0 Å². The van der Waals surface area contributed by atoms with Crippen molar-refractivity contribution >= 4 is 10.0 Å². The standard InChI is InChI=1S/C13H15F3N2O2S/c1-7-10(13(14,15)16)3-2-4-11(7)21(19,20)18-12-8-5-17-6-9(8)12/h2-4,8-9,12,17-18H,5-6H2,1H3. The number of benzene rings is 1. The maximum atomic E-state index is 12.9. The quantitative estimate of drug-likeness (QED) is 0.887. The lowest BCUT2D eigenvalue weighted by Gasteiger charge is -2.15. The van der Waals surface area contributed by atoms with E-state index in [4.69, 9.17) is 0 Å². The first kappa shape index (κ1) is 14.8. The SMILES string of the molecule is Cc1c(C(F)(F)F)cccc1S(=O)(=O)NC1C2CNCC21. The van der Waals surface area contributed by atoms with Crippen molar-refractivity contribution < 1.29 is 21.6 Å². The molecule has 1 heterocycles. The maximum Gasteiger partial charge on any atom is 0.416 e. The Morgan fingerprint density at radius 1 is 1.24 bits per heavy atom. The molecule has 0 bridgehead atoms. The molecule has 2 fully saturated rings. The normalized spacial score (nSPS) is 28.5. The van der Waals surface area contributed by atoms with Crippen LogP contribution < -0.4 is 10.0 Å². The highest BCUT2D eigenvalue weighted by Gasteiger charge is 2.54. The molecule has 1 saturated carbocycles. The topological polar surface area (TPSA) is 58.2 Å². The molecule has 0 spiro atoms. The van der Waals surface area contributed by atoms with Crippen molar-refractivity contribution in [2.24, 2.45) is 11.8 Å². The van der Waals surface area contributed by atoms with Gasteiger partial charge >= 0.3 is 6.18 Å². The predicted molar refractivity (Wildman–Crippen MR) is 70.1 cm³/mol. The molecule has 2 unspecified atom stereocenters. The van der Waals surface area contributed by atoms with Crippen molar-refractivity contribution in [1.29, 1.82) is 0 Å². The third-order valence-corrected chi connectivity index (χ3v) is 5.87. The summed E-state index contributed by atoms with van der Waals surface area (Å²) in [5.41, 5.74) is -1.18. The second-order valence-corrected chi connectivity index (χ2v) is 7.24. The van der Waals surface area contributed by atoms with Gasteiger partial charge in [0.15, 0.2) is 0 Å². The molecule has 116 valence electrons. The van der Waals surface area contributed by atoms with E-state index in [1.54, 1.807) is 0 Å². The van der Waals surface area contributed by atoms with E-state index in [-0.39, 0.29) is 28.3 Å². The molecule has 1 aliphatic heterocycles. The van der Waals surface area contributed by atoms with Gasteiger partial charge in [0.1, 0.15) is 0 Å². The highest BCUT2D eigenvalue weighted by Crippen LogP contribution is 2.43. The Morgan fingerprint density at radius 2 is 1.86 bits per heavy atom. The number of halogens is 3. The fourth-order valence-corrected chi connectivity index (χ4v) is 4.65. The molecule has 2 N–H and O–H groups in total. The molecule has 0 radical (unpaired) electrons. The van der Waals surface area contributed by atoms with E-state index in [1.165, 1.54) is 13.0 Å². The van der Waals surface area contributed by atoms with Crippen LogP contribution in [0.5, 0.6) is 0 Å². The molecule has 8 heteroatoms. The number of rotatable bonds is 3. The average Bonchev–Trinajstić information content (AvgIpc) is 2.82. The summed E-state index contributed by atoms with van der Waals surface area (Å²) in [5.74, 6) is 0.511. The highest BCUT2D eigenvalue weighted by molar-refractivity contribution is 7.89. The molecule has 2 aliphatic rings. The van der Waals surface area contributed by atoms with E-state index in [0.29, 0.717) is 0 Å². The zero-order chi connectivity index (χ0) is 15.4. The van der Waals surface area contributed by atoms with E-state index in [2.05, 4.69) is 10.0 Å². The number of alkyl halides is 3. The van der Waals surface area contributed by atoms with Crippen LogP contribution in [-0.2, 0) is 16.2 Å². The third-order valence-electron chi connectivity index (χ3n) is 4.26. The van der Waals surface area contributed by atoms with E-state index in [9.17, 15) is 21.6 Å². The summed E-state index contributed by atoms with van der Waals surface area (Å²) in [6.45, 7) is 2.69. The fraction of sp³-hybridized carbons (Fsp3) is 0.538. The minimum Gasteiger partial charge on any atom is -0.316 e.